The molecule has 0 spiro atoms. The van der Waals surface area contributed by atoms with Gasteiger partial charge in [0.15, 0.2) is 0 Å². The van der Waals surface area contributed by atoms with E-state index in [1.165, 1.54) is 6.42 Å². The summed E-state index contributed by atoms with van der Waals surface area (Å²) in [5.41, 5.74) is 1.11. The fourth-order valence-corrected chi connectivity index (χ4v) is 0.958. The van der Waals surface area contributed by atoms with Crippen LogP contribution in [-0.4, -0.2) is 19.1 Å². The topological polar surface area (TPSA) is 24.1 Å². The van der Waals surface area contributed by atoms with Crippen molar-refractivity contribution in [1.29, 1.82) is 0 Å². The number of hydrogen-bond donors (Lipinski definition) is 2. The molecule has 1 rings (SSSR count). The van der Waals surface area contributed by atoms with Crippen LogP contribution in [0.15, 0.2) is 12.3 Å². The number of hydrogen-bond acceptors (Lipinski definition) is 2. The fourth-order valence-electron chi connectivity index (χ4n) is 0.958. The molecule has 1 saturated heterocycles. The predicted octanol–water partition coefficient (Wildman–Crippen LogP) is 0.471. The average Bonchev–Trinajstić information content (AvgIpc) is 1.90. The first-order valence-electron chi connectivity index (χ1n) is 3.48. The Morgan fingerprint density at radius 1 is 1.78 bits per heavy atom. The maximum absolute atomic E-state index is 3.81. The van der Waals surface area contributed by atoms with Crippen LogP contribution < -0.4 is 10.6 Å². The van der Waals surface area contributed by atoms with E-state index in [1.807, 2.05) is 0 Å². The van der Waals surface area contributed by atoms with Gasteiger partial charge in [-0.3, -0.25) is 0 Å². The molecule has 0 bridgehead atoms. The third-order valence-corrected chi connectivity index (χ3v) is 1.70. The molecule has 1 unspecified atom stereocenters. The van der Waals surface area contributed by atoms with Crippen molar-refractivity contribution in [3.05, 3.63) is 12.3 Å². The summed E-state index contributed by atoms with van der Waals surface area (Å²) in [4.78, 5) is 0. The second-order valence-corrected chi connectivity index (χ2v) is 2.47. The van der Waals surface area contributed by atoms with E-state index in [0.717, 1.165) is 18.8 Å². The quantitative estimate of drug-likeness (QED) is 0.533. The van der Waals surface area contributed by atoms with Gasteiger partial charge in [-0.2, -0.15) is 0 Å². The van der Waals surface area contributed by atoms with Crippen LogP contribution in [0.3, 0.4) is 0 Å². The van der Waals surface area contributed by atoms with Crippen molar-refractivity contribution in [2.75, 3.05) is 13.1 Å². The van der Waals surface area contributed by atoms with E-state index >= 15 is 0 Å². The highest BCUT2D eigenvalue weighted by Crippen LogP contribution is 1.96. The molecule has 1 fully saturated rings. The largest absolute Gasteiger partial charge is 0.386 e. The molecule has 0 saturated carbocycles. The zero-order valence-electron chi connectivity index (χ0n) is 5.91. The van der Waals surface area contributed by atoms with Gasteiger partial charge < -0.3 is 10.6 Å². The molecule has 2 nitrogen and oxygen atoms in total. The first-order valence-corrected chi connectivity index (χ1v) is 3.48. The van der Waals surface area contributed by atoms with Gasteiger partial charge in [-0.25, -0.2) is 0 Å². The van der Waals surface area contributed by atoms with Gasteiger partial charge in [0, 0.05) is 24.8 Å². The van der Waals surface area contributed by atoms with E-state index in [-0.39, 0.29) is 0 Å². The summed E-state index contributed by atoms with van der Waals surface area (Å²) in [7, 11) is 0. The van der Waals surface area contributed by atoms with Crippen molar-refractivity contribution in [2.45, 2.75) is 19.4 Å². The molecule has 0 aromatic rings. The maximum Gasteiger partial charge on any atom is 0.0351 e. The summed E-state index contributed by atoms with van der Waals surface area (Å²) in [6, 6.07) is 0.649. The summed E-state index contributed by atoms with van der Waals surface area (Å²) in [5.74, 6) is 0. The van der Waals surface area contributed by atoms with Crippen molar-refractivity contribution in [3.63, 3.8) is 0 Å². The molecule has 0 aliphatic carbocycles. The second-order valence-electron chi connectivity index (χ2n) is 2.47. The summed E-state index contributed by atoms with van der Waals surface area (Å²) in [6.45, 7) is 7.96. The van der Waals surface area contributed by atoms with Crippen LogP contribution in [0.25, 0.3) is 0 Å². The van der Waals surface area contributed by atoms with Crippen LogP contribution in [-0.2, 0) is 0 Å². The smallest absolute Gasteiger partial charge is 0.0351 e. The molecular formula is C7H14N2. The van der Waals surface area contributed by atoms with Crippen molar-refractivity contribution >= 4 is 0 Å². The Morgan fingerprint density at radius 3 is 3.00 bits per heavy atom. The van der Waals surface area contributed by atoms with E-state index in [0.29, 0.717) is 6.04 Å². The summed E-state index contributed by atoms with van der Waals surface area (Å²) in [5, 5.41) is 6.58. The minimum absolute atomic E-state index is 0.649. The molecule has 0 aromatic heterocycles. The summed E-state index contributed by atoms with van der Waals surface area (Å²) >= 11 is 0. The minimum Gasteiger partial charge on any atom is -0.386 e. The van der Waals surface area contributed by atoms with Crippen molar-refractivity contribution < 1.29 is 0 Å². The minimum atomic E-state index is 0.649. The van der Waals surface area contributed by atoms with Crippen molar-refractivity contribution in [3.8, 4) is 0 Å². The molecule has 52 valence electrons. The van der Waals surface area contributed by atoms with Crippen LogP contribution in [0, 0.1) is 0 Å². The Morgan fingerprint density at radius 2 is 2.56 bits per heavy atom. The first-order chi connectivity index (χ1) is 4.33. The molecule has 1 heterocycles. The molecular weight excluding hydrogens is 112 g/mol. The molecule has 1 aliphatic rings. The van der Waals surface area contributed by atoms with Gasteiger partial charge in [-0.05, 0) is 6.42 Å². The lowest BCUT2D eigenvalue weighted by Crippen LogP contribution is -2.46. The summed E-state index contributed by atoms with van der Waals surface area (Å²) in [6.07, 6.45) is 1.19. The molecule has 0 aromatic carbocycles. The van der Waals surface area contributed by atoms with E-state index in [4.69, 9.17) is 0 Å². The number of piperazine rings is 1. The van der Waals surface area contributed by atoms with Gasteiger partial charge >= 0.3 is 0 Å². The summed E-state index contributed by atoms with van der Waals surface area (Å²) < 4.78 is 0. The molecule has 1 aliphatic heterocycles. The van der Waals surface area contributed by atoms with Gasteiger partial charge in [-0.15, -0.1) is 0 Å². The normalized spacial score (nSPS) is 27.7. The lowest BCUT2D eigenvalue weighted by molar-refractivity contribution is 0.449. The van der Waals surface area contributed by atoms with Crippen LogP contribution in [0.4, 0.5) is 0 Å². The van der Waals surface area contributed by atoms with E-state index in [9.17, 15) is 0 Å². The Bertz CT molecular complexity index is 99.5. The second kappa shape index (κ2) is 2.87. The van der Waals surface area contributed by atoms with Gasteiger partial charge in [0.25, 0.3) is 0 Å². The van der Waals surface area contributed by atoms with Crippen LogP contribution in [0.5, 0.6) is 0 Å². The van der Waals surface area contributed by atoms with E-state index < -0.39 is 0 Å². The third-order valence-electron chi connectivity index (χ3n) is 1.70. The Hall–Kier alpha value is -0.500. The third kappa shape index (κ3) is 1.72. The van der Waals surface area contributed by atoms with Crippen molar-refractivity contribution in [2.24, 2.45) is 0 Å². The maximum atomic E-state index is 3.81. The highest BCUT2D eigenvalue weighted by molar-refractivity contribution is 4.99. The first kappa shape index (κ1) is 6.62. The van der Waals surface area contributed by atoms with Gasteiger partial charge in [-0.1, -0.05) is 13.5 Å². The van der Waals surface area contributed by atoms with E-state index in [2.05, 4.69) is 24.1 Å². The molecule has 0 amide bonds. The van der Waals surface area contributed by atoms with Crippen molar-refractivity contribution in [1.82, 2.24) is 10.6 Å². The Labute approximate surface area is 56.3 Å². The monoisotopic (exact) mass is 126 g/mol. The van der Waals surface area contributed by atoms with Crippen LogP contribution in [0.1, 0.15) is 13.3 Å². The average molecular weight is 126 g/mol. The van der Waals surface area contributed by atoms with E-state index in [1.54, 1.807) is 0 Å². The van der Waals surface area contributed by atoms with Crippen LogP contribution in [0.2, 0.25) is 0 Å². The molecule has 0 radical (unpaired) electrons. The number of nitrogens with one attached hydrogen (secondary N) is 2. The molecule has 1 atom stereocenters. The highest BCUT2D eigenvalue weighted by Gasteiger charge is 2.10. The molecule has 9 heavy (non-hydrogen) atoms. The standard InChI is InChI=1S/C7H14N2/c1-3-7-5-8-6(2)4-9-7/h7-9H,2-5H2,1H3. The van der Waals surface area contributed by atoms with Gasteiger partial charge in [0.2, 0.25) is 0 Å². The fraction of sp³-hybridized carbons (Fsp3) is 0.714. The number of rotatable bonds is 1. The molecule has 2 N–H and O–H groups in total. The lowest BCUT2D eigenvalue weighted by Gasteiger charge is -2.25. The van der Waals surface area contributed by atoms with Crippen LogP contribution >= 0.6 is 0 Å². The lowest BCUT2D eigenvalue weighted by atomic mass is 10.2. The zero-order chi connectivity index (χ0) is 6.69. The zero-order valence-corrected chi connectivity index (χ0v) is 5.91. The highest BCUT2D eigenvalue weighted by atomic mass is 15.1. The van der Waals surface area contributed by atoms with Gasteiger partial charge in [0.05, 0.1) is 0 Å². The Kier molecular flexibility index (Phi) is 2.11. The SMILES string of the molecule is C=C1CNC(CC)CN1. The predicted molar refractivity (Wildman–Crippen MR) is 39.2 cm³/mol. The molecule has 2 heteroatoms. The van der Waals surface area contributed by atoms with Gasteiger partial charge in [0.1, 0.15) is 0 Å². The Balaban J connectivity index is 2.26.